The quantitative estimate of drug-likeness (QED) is 0.887. The van der Waals surface area contributed by atoms with Gasteiger partial charge < -0.3 is 10.2 Å². The molecule has 2 amide bonds. The molecular formula is C14H19BrN2O. The monoisotopic (exact) mass is 310 g/mol. The highest BCUT2D eigenvalue weighted by molar-refractivity contribution is 9.10. The van der Waals surface area contributed by atoms with Gasteiger partial charge in [-0.15, -0.1) is 0 Å². The Balaban J connectivity index is 1.91. The van der Waals surface area contributed by atoms with Gasteiger partial charge in [0.05, 0.1) is 6.04 Å². The first-order chi connectivity index (χ1) is 8.66. The maximum Gasteiger partial charge on any atom is 0.317 e. The molecule has 0 aromatic heterocycles. The first-order valence-electron chi connectivity index (χ1n) is 6.48. The van der Waals surface area contributed by atoms with Crippen LogP contribution in [-0.4, -0.2) is 24.0 Å². The van der Waals surface area contributed by atoms with Crippen molar-refractivity contribution in [1.82, 2.24) is 10.2 Å². The summed E-state index contributed by atoms with van der Waals surface area (Å²) in [6, 6.07) is 8.17. The van der Waals surface area contributed by atoms with Crippen LogP contribution in [0, 0.1) is 0 Å². The Kier molecular flexibility index (Phi) is 4.64. The van der Waals surface area contributed by atoms with E-state index in [1.807, 2.05) is 36.1 Å². The van der Waals surface area contributed by atoms with Gasteiger partial charge in [-0.3, -0.25) is 0 Å². The van der Waals surface area contributed by atoms with Gasteiger partial charge in [0.15, 0.2) is 0 Å². The van der Waals surface area contributed by atoms with Crippen molar-refractivity contribution < 1.29 is 4.79 Å². The second-order valence-electron chi connectivity index (χ2n) is 4.77. The lowest BCUT2D eigenvalue weighted by Crippen LogP contribution is -2.43. The van der Waals surface area contributed by atoms with Crippen molar-refractivity contribution in [3.63, 3.8) is 0 Å². The third kappa shape index (κ3) is 3.48. The number of benzene rings is 1. The van der Waals surface area contributed by atoms with E-state index in [0.717, 1.165) is 36.0 Å². The lowest BCUT2D eigenvalue weighted by Gasteiger charge is -2.28. The number of amides is 2. The number of halogens is 1. The van der Waals surface area contributed by atoms with Crippen LogP contribution in [0.3, 0.4) is 0 Å². The number of carbonyl (C=O) groups is 1. The number of piperidine rings is 1. The summed E-state index contributed by atoms with van der Waals surface area (Å²) in [5, 5.41) is 3.06. The zero-order valence-electron chi connectivity index (χ0n) is 10.7. The van der Waals surface area contributed by atoms with E-state index in [1.54, 1.807) is 0 Å². The van der Waals surface area contributed by atoms with Crippen molar-refractivity contribution in [2.75, 3.05) is 13.1 Å². The van der Waals surface area contributed by atoms with Crippen LogP contribution in [0.15, 0.2) is 28.7 Å². The molecule has 1 saturated heterocycles. The number of urea groups is 1. The minimum Gasteiger partial charge on any atom is -0.331 e. The van der Waals surface area contributed by atoms with Crippen molar-refractivity contribution in [2.24, 2.45) is 0 Å². The van der Waals surface area contributed by atoms with E-state index in [2.05, 4.69) is 21.2 Å². The predicted molar refractivity (Wildman–Crippen MR) is 76.5 cm³/mol. The van der Waals surface area contributed by atoms with Crippen LogP contribution in [0.5, 0.6) is 0 Å². The molecule has 0 saturated carbocycles. The molecule has 0 radical (unpaired) electrons. The van der Waals surface area contributed by atoms with Crippen LogP contribution in [-0.2, 0) is 0 Å². The predicted octanol–water partition coefficient (Wildman–Crippen LogP) is 3.71. The van der Waals surface area contributed by atoms with Crippen molar-refractivity contribution in [3.05, 3.63) is 34.3 Å². The minimum absolute atomic E-state index is 0.0486. The first-order valence-corrected chi connectivity index (χ1v) is 7.27. The fraction of sp³-hybridized carbons (Fsp3) is 0.500. The van der Waals surface area contributed by atoms with Gasteiger partial charge in [0, 0.05) is 17.6 Å². The molecule has 1 aromatic carbocycles. The highest BCUT2D eigenvalue weighted by atomic mass is 79.9. The zero-order valence-corrected chi connectivity index (χ0v) is 12.2. The molecule has 1 N–H and O–H groups in total. The Labute approximate surface area is 117 Å². The zero-order chi connectivity index (χ0) is 13.0. The molecule has 1 heterocycles. The molecule has 1 fully saturated rings. The summed E-state index contributed by atoms with van der Waals surface area (Å²) < 4.78 is 1.06. The van der Waals surface area contributed by atoms with Gasteiger partial charge in [0.25, 0.3) is 0 Å². The summed E-state index contributed by atoms with van der Waals surface area (Å²) >= 11 is 3.41. The highest BCUT2D eigenvalue weighted by Gasteiger charge is 2.18. The fourth-order valence-corrected chi connectivity index (χ4v) is 2.47. The number of carbonyl (C=O) groups excluding carboxylic acids is 1. The normalized spacial score (nSPS) is 17.3. The number of likely N-dealkylation sites (tertiary alicyclic amines) is 1. The van der Waals surface area contributed by atoms with Gasteiger partial charge in [-0.25, -0.2) is 4.79 Å². The Hall–Kier alpha value is -1.03. The Morgan fingerprint density at radius 1 is 1.22 bits per heavy atom. The summed E-state index contributed by atoms with van der Waals surface area (Å²) in [5.74, 6) is 0. The van der Waals surface area contributed by atoms with E-state index >= 15 is 0 Å². The van der Waals surface area contributed by atoms with E-state index in [1.165, 1.54) is 6.42 Å². The third-order valence-electron chi connectivity index (χ3n) is 3.35. The molecule has 4 heteroatoms. The van der Waals surface area contributed by atoms with Crippen molar-refractivity contribution in [2.45, 2.75) is 32.2 Å². The van der Waals surface area contributed by atoms with Gasteiger partial charge in [0.1, 0.15) is 0 Å². The number of hydrogen-bond donors (Lipinski definition) is 1. The van der Waals surface area contributed by atoms with E-state index < -0.39 is 0 Å². The SMILES string of the molecule is CC(NC(=O)N1CCCCC1)c1ccc(Br)cc1. The maximum absolute atomic E-state index is 12.1. The summed E-state index contributed by atoms with van der Waals surface area (Å²) in [4.78, 5) is 14.0. The summed E-state index contributed by atoms with van der Waals surface area (Å²) in [7, 11) is 0. The minimum atomic E-state index is 0.0486. The molecule has 18 heavy (non-hydrogen) atoms. The second-order valence-corrected chi connectivity index (χ2v) is 5.69. The summed E-state index contributed by atoms with van der Waals surface area (Å²) in [6.45, 7) is 3.79. The number of hydrogen-bond acceptors (Lipinski definition) is 1. The van der Waals surface area contributed by atoms with Gasteiger partial charge in [-0.1, -0.05) is 28.1 Å². The molecule has 1 aliphatic heterocycles. The van der Waals surface area contributed by atoms with Crippen LogP contribution < -0.4 is 5.32 Å². The molecule has 98 valence electrons. The van der Waals surface area contributed by atoms with Crippen LogP contribution in [0.25, 0.3) is 0 Å². The number of nitrogens with zero attached hydrogens (tertiary/aromatic N) is 1. The van der Waals surface area contributed by atoms with Gasteiger partial charge in [0.2, 0.25) is 0 Å². The van der Waals surface area contributed by atoms with E-state index in [9.17, 15) is 4.79 Å². The molecule has 2 rings (SSSR count). The average Bonchev–Trinajstić information content (AvgIpc) is 2.40. The molecule has 1 atom stereocenters. The molecular weight excluding hydrogens is 292 g/mol. The van der Waals surface area contributed by atoms with Crippen molar-refractivity contribution in [1.29, 1.82) is 0 Å². The molecule has 0 bridgehead atoms. The average molecular weight is 311 g/mol. The topological polar surface area (TPSA) is 32.3 Å². The maximum atomic E-state index is 12.1. The lowest BCUT2D eigenvalue weighted by atomic mass is 10.1. The largest absolute Gasteiger partial charge is 0.331 e. The van der Waals surface area contributed by atoms with Gasteiger partial charge in [-0.05, 0) is 43.9 Å². The number of nitrogens with one attached hydrogen (secondary N) is 1. The number of rotatable bonds is 2. The lowest BCUT2D eigenvalue weighted by molar-refractivity contribution is 0.183. The highest BCUT2D eigenvalue weighted by Crippen LogP contribution is 2.17. The van der Waals surface area contributed by atoms with E-state index in [-0.39, 0.29) is 12.1 Å². The van der Waals surface area contributed by atoms with Gasteiger partial charge >= 0.3 is 6.03 Å². The van der Waals surface area contributed by atoms with Crippen LogP contribution in [0.4, 0.5) is 4.79 Å². The Bertz CT molecular complexity index is 399. The third-order valence-corrected chi connectivity index (χ3v) is 3.88. The molecule has 0 spiro atoms. The molecule has 1 aromatic rings. The van der Waals surface area contributed by atoms with Crippen LogP contribution in [0.2, 0.25) is 0 Å². The molecule has 1 aliphatic rings. The van der Waals surface area contributed by atoms with Crippen molar-refractivity contribution in [3.8, 4) is 0 Å². The van der Waals surface area contributed by atoms with Gasteiger partial charge in [-0.2, -0.15) is 0 Å². The standard InChI is InChI=1S/C14H19BrN2O/c1-11(12-5-7-13(15)8-6-12)16-14(18)17-9-3-2-4-10-17/h5-8,11H,2-4,9-10H2,1H3,(H,16,18). The Morgan fingerprint density at radius 2 is 1.83 bits per heavy atom. The smallest absolute Gasteiger partial charge is 0.317 e. The van der Waals surface area contributed by atoms with Crippen molar-refractivity contribution >= 4 is 22.0 Å². The van der Waals surface area contributed by atoms with E-state index in [0.29, 0.717) is 0 Å². The molecule has 1 unspecified atom stereocenters. The summed E-state index contributed by atoms with van der Waals surface area (Å²) in [6.07, 6.45) is 3.49. The van der Waals surface area contributed by atoms with Crippen LogP contribution >= 0.6 is 15.9 Å². The first kappa shape index (κ1) is 13.4. The Morgan fingerprint density at radius 3 is 2.44 bits per heavy atom. The molecule has 3 nitrogen and oxygen atoms in total. The second kappa shape index (κ2) is 6.23. The van der Waals surface area contributed by atoms with E-state index in [4.69, 9.17) is 0 Å². The van der Waals surface area contributed by atoms with Crippen LogP contribution in [0.1, 0.15) is 37.8 Å². The fourth-order valence-electron chi connectivity index (χ4n) is 2.21. The summed E-state index contributed by atoms with van der Waals surface area (Å²) in [5.41, 5.74) is 1.13. The molecule has 0 aliphatic carbocycles.